The number of para-hydroxylation sites is 1. The zero-order valence-electron chi connectivity index (χ0n) is 13.3. The zero-order valence-corrected chi connectivity index (χ0v) is 13.3. The third-order valence-corrected chi connectivity index (χ3v) is 3.30. The minimum Gasteiger partial charge on any atom is -0.493 e. The first kappa shape index (κ1) is 15.8. The summed E-state index contributed by atoms with van der Waals surface area (Å²) in [4.78, 5) is 0. The molecule has 4 heteroatoms. The number of ether oxygens (including phenoxy) is 4. The molecule has 0 unspecified atom stereocenters. The summed E-state index contributed by atoms with van der Waals surface area (Å²) in [5, 5.41) is 0. The van der Waals surface area contributed by atoms with Crippen LogP contribution >= 0.6 is 0 Å². The Bertz CT molecular complexity index is 662. The van der Waals surface area contributed by atoms with Crippen molar-refractivity contribution in [3.8, 4) is 23.0 Å². The summed E-state index contributed by atoms with van der Waals surface area (Å²) in [6.07, 6.45) is 3.96. The number of hydrogen-bond donors (Lipinski definition) is 0. The molecule has 2 aromatic rings. The number of rotatable bonds is 6. The molecule has 0 radical (unpaired) electrons. The number of methoxy groups -OCH3 is 4. The SMILES string of the molecule is COc1ccc(/C=C/c2cccc(OC)c2OC)cc1OC. The van der Waals surface area contributed by atoms with Gasteiger partial charge in [0.1, 0.15) is 0 Å². The first-order valence-corrected chi connectivity index (χ1v) is 6.84. The highest BCUT2D eigenvalue weighted by molar-refractivity contribution is 5.75. The van der Waals surface area contributed by atoms with Gasteiger partial charge in [0, 0.05) is 5.56 Å². The summed E-state index contributed by atoms with van der Waals surface area (Å²) < 4.78 is 21.3. The lowest BCUT2D eigenvalue weighted by Crippen LogP contribution is -1.92. The van der Waals surface area contributed by atoms with E-state index in [4.69, 9.17) is 18.9 Å². The van der Waals surface area contributed by atoms with Crippen molar-refractivity contribution in [1.82, 2.24) is 0 Å². The maximum absolute atomic E-state index is 5.42. The van der Waals surface area contributed by atoms with Crippen molar-refractivity contribution in [2.24, 2.45) is 0 Å². The predicted molar refractivity (Wildman–Crippen MR) is 88.0 cm³/mol. The zero-order chi connectivity index (χ0) is 15.9. The average Bonchev–Trinajstić information content (AvgIpc) is 2.58. The Kier molecular flexibility index (Phi) is 5.31. The van der Waals surface area contributed by atoms with Gasteiger partial charge in [0.05, 0.1) is 28.4 Å². The summed E-state index contributed by atoms with van der Waals surface area (Å²) >= 11 is 0. The molecule has 0 saturated heterocycles. The highest BCUT2D eigenvalue weighted by atomic mass is 16.5. The van der Waals surface area contributed by atoms with E-state index in [1.807, 2.05) is 48.6 Å². The van der Waals surface area contributed by atoms with Gasteiger partial charge in [-0.05, 0) is 23.8 Å². The highest BCUT2D eigenvalue weighted by Gasteiger charge is 2.07. The largest absolute Gasteiger partial charge is 0.493 e. The van der Waals surface area contributed by atoms with Crippen LogP contribution in [0.25, 0.3) is 12.2 Å². The molecule has 0 N–H and O–H groups in total. The van der Waals surface area contributed by atoms with Gasteiger partial charge in [-0.3, -0.25) is 0 Å². The van der Waals surface area contributed by atoms with Gasteiger partial charge < -0.3 is 18.9 Å². The Morgan fingerprint density at radius 3 is 2.05 bits per heavy atom. The van der Waals surface area contributed by atoms with Crippen LogP contribution in [0.3, 0.4) is 0 Å². The molecule has 0 amide bonds. The van der Waals surface area contributed by atoms with Crippen molar-refractivity contribution >= 4 is 12.2 Å². The molecule has 0 aromatic heterocycles. The number of benzene rings is 2. The summed E-state index contributed by atoms with van der Waals surface area (Å²) in [5.74, 6) is 2.82. The molecule has 0 saturated carbocycles. The predicted octanol–water partition coefficient (Wildman–Crippen LogP) is 3.89. The van der Waals surface area contributed by atoms with Crippen molar-refractivity contribution in [3.63, 3.8) is 0 Å². The fourth-order valence-corrected chi connectivity index (χ4v) is 2.19. The Balaban J connectivity index is 2.33. The van der Waals surface area contributed by atoms with Crippen LogP contribution in [0, 0.1) is 0 Å². The first-order chi connectivity index (χ1) is 10.7. The van der Waals surface area contributed by atoms with Gasteiger partial charge in [-0.25, -0.2) is 0 Å². The monoisotopic (exact) mass is 300 g/mol. The van der Waals surface area contributed by atoms with E-state index >= 15 is 0 Å². The lowest BCUT2D eigenvalue weighted by molar-refractivity contribution is 0.354. The maximum Gasteiger partial charge on any atom is 0.167 e. The van der Waals surface area contributed by atoms with Crippen LogP contribution < -0.4 is 18.9 Å². The Morgan fingerprint density at radius 1 is 0.682 bits per heavy atom. The van der Waals surface area contributed by atoms with E-state index < -0.39 is 0 Å². The fraction of sp³-hybridized carbons (Fsp3) is 0.222. The maximum atomic E-state index is 5.42. The van der Waals surface area contributed by atoms with Crippen LogP contribution in [-0.4, -0.2) is 28.4 Å². The molecule has 0 atom stereocenters. The second-order valence-electron chi connectivity index (χ2n) is 4.53. The molecule has 2 aromatic carbocycles. The number of hydrogen-bond acceptors (Lipinski definition) is 4. The summed E-state index contributed by atoms with van der Waals surface area (Å²) in [7, 11) is 6.50. The molecule has 0 aliphatic heterocycles. The lowest BCUT2D eigenvalue weighted by Gasteiger charge is -2.10. The van der Waals surface area contributed by atoms with Crippen LogP contribution in [0.5, 0.6) is 23.0 Å². The molecule has 116 valence electrons. The van der Waals surface area contributed by atoms with E-state index in [0.29, 0.717) is 23.0 Å². The molecule has 0 aliphatic rings. The lowest BCUT2D eigenvalue weighted by atomic mass is 10.1. The Hall–Kier alpha value is -2.62. The van der Waals surface area contributed by atoms with Gasteiger partial charge in [-0.2, -0.15) is 0 Å². The van der Waals surface area contributed by atoms with Crippen molar-refractivity contribution in [3.05, 3.63) is 47.5 Å². The van der Waals surface area contributed by atoms with E-state index in [0.717, 1.165) is 11.1 Å². The Labute approximate surface area is 130 Å². The van der Waals surface area contributed by atoms with Crippen LogP contribution in [0.1, 0.15) is 11.1 Å². The molecule has 22 heavy (non-hydrogen) atoms. The quantitative estimate of drug-likeness (QED) is 0.758. The molecular weight excluding hydrogens is 280 g/mol. The normalized spacial score (nSPS) is 10.5. The van der Waals surface area contributed by atoms with E-state index in [2.05, 4.69) is 0 Å². The molecule has 2 rings (SSSR count). The second kappa shape index (κ2) is 7.41. The van der Waals surface area contributed by atoms with Crippen LogP contribution in [0.2, 0.25) is 0 Å². The van der Waals surface area contributed by atoms with E-state index in [-0.39, 0.29) is 0 Å². The summed E-state index contributed by atoms with van der Waals surface area (Å²) in [5.41, 5.74) is 1.94. The van der Waals surface area contributed by atoms with E-state index in [1.54, 1.807) is 28.4 Å². The molecule has 0 fully saturated rings. The average molecular weight is 300 g/mol. The first-order valence-electron chi connectivity index (χ1n) is 6.84. The van der Waals surface area contributed by atoms with E-state index in [1.165, 1.54) is 0 Å². The second-order valence-corrected chi connectivity index (χ2v) is 4.53. The van der Waals surface area contributed by atoms with Crippen LogP contribution in [-0.2, 0) is 0 Å². The van der Waals surface area contributed by atoms with Crippen molar-refractivity contribution in [1.29, 1.82) is 0 Å². The summed E-state index contributed by atoms with van der Waals surface area (Å²) in [6, 6.07) is 11.5. The fourth-order valence-electron chi connectivity index (χ4n) is 2.19. The molecule has 0 bridgehead atoms. The minimum absolute atomic E-state index is 0.697. The molecular formula is C18H20O4. The third kappa shape index (κ3) is 3.34. The molecule has 0 spiro atoms. The van der Waals surface area contributed by atoms with E-state index in [9.17, 15) is 0 Å². The van der Waals surface area contributed by atoms with Crippen LogP contribution in [0.4, 0.5) is 0 Å². The van der Waals surface area contributed by atoms with Crippen molar-refractivity contribution in [2.45, 2.75) is 0 Å². The summed E-state index contributed by atoms with van der Waals surface area (Å²) in [6.45, 7) is 0. The van der Waals surface area contributed by atoms with Gasteiger partial charge in [0.25, 0.3) is 0 Å². The van der Waals surface area contributed by atoms with Gasteiger partial charge in [0.2, 0.25) is 0 Å². The highest BCUT2D eigenvalue weighted by Crippen LogP contribution is 2.33. The topological polar surface area (TPSA) is 36.9 Å². The van der Waals surface area contributed by atoms with Crippen LogP contribution in [0.15, 0.2) is 36.4 Å². The van der Waals surface area contributed by atoms with Gasteiger partial charge in [0.15, 0.2) is 23.0 Å². The van der Waals surface area contributed by atoms with Crippen molar-refractivity contribution < 1.29 is 18.9 Å². The molecule has 0 aliphatic carbocycles. The third-order valence-electron chi connectivity index (χ3n) is 3.30. The smallest absolute Gasteiger partial charge is 0.167 e. The van der Waals surface area contributed by atoms with Gasteiger partial charge in [-0.1, -0.05) is 30.4 Å². The van der Waals surface area contributed by atoms with Gasteiger partial charge >= 0.3 is 0 Å². The molecule has 4 nitrogen and oxygen atoms in total. The van der Waals surface area contributed by atoms with Crippen molar-refractivity contribution in [2.75, 3.05) is 28.4 Å². The Morgan fingerprint density at radius 2 is 1.41 bits per heavy atom. The van der Waals surface area contributed by atoms with Gasteiger partial charge in [-0.15, -0.1) is 0 Å². The minimum atomic E-state index is 0.697. The molecule has 0 heterocycles. The standard InChI is InChI=1S/C18H20O4/c1-19-15-11-9-13(12-17(15)21-3)8-10-14-6-5-7-16(20-2)18(14)22-4/h5-12H,1-4H3/b10-8+.